The fourth-order valence-electron chi connectivity index (χ4n) is 2.72. The van der Waals surface area contributed by atoms with E-state index in [1.165, 1.54) is 5.56 Å². The van der Waals surface area contributed by atoms with Crippen molar-refractivity contribution >= 4 is 6.09 Å². The first-order chi connectivity index (χ1) is 9.33. The van der Waals surface area contributed by atoms with E-state index in [1.807, 2.05) is 39.8 Å². The monoisotopic (exact) mass is 277 g/mol. The van der Waals surface area contributed by atoms with Gasteiger partial charge in [-0.05, 0) is 50.8 Å². The van der Waals surface area contributed by atoms with E-state index in [-0.39, 0.29) is 18.7 Å². The fourth-order valence-corrected chi connectivity index (χ4v) is 2.72. The van der Waals surface area contributed by atoms with Crippen molar-refractivity contribution in [1.29, 1.82) is 0 Å². The van der Waals surface area contributed by atoms with E-state index in [9.17, 15) is 9.90 Å². The summed E-state index contributed by atoms with van der Waals surface area (Å²) in [6.45, 7) is 8.06. The van der Waals surface area contributed by atoms with Crippen LogP contribution in [-0.2, 0) is 11.2 Å². The Morgan fingerprint density at radius 3 is 2.75 bits per heavy atom. The van der Waals surface area contributed by atoms with Gasteiger partial charge < -0.3 is 9.84 Å². The number of benzene rings is 1. The number of ether oxygens (including phenoxy) is 1. The summed E-state index contributed by atoms with van der Waals surface area (Å²) in [7, 11) is 0. The molecule has 1 heterocycles. The number of fused-ring (bicyclic) bond motifs is 1. The molecule has 4 nitrogen and oxygen atoms in total. The van der Waals surface area contributed by atoms with Crippen LogP contribution in [0.25, 0.3) is 0 Å². The maximum absolute atomic E-state index is 12.3. The fraction of sp³-hybridized carbons (Fsp3) is 0.562. The van der Waals surface area contributed by atoms with E-state index < -0.39 is 5.60 Å². The van der Waals surface area contributed by atoms with Crippen molar-refractivity contribution in [1.82, 2.24) is 4.90 Å². The molecule has 1 atom stereocenters. The van der Waals surface area contributed by atoms with Gasteiger partial charge >= 0.3 is 6.09 Å². The van der Waals surface area contributed by atoms with Crippen LogP contribution in [0.3, 0.4) is 0 Å². The molecule has 0 bridgehead atoms. The minimum atomic E-state index is -0.525. The van der Waals surface area contributed by atoms with Gasteiger partial charge in [0.2, 0.25) is 0 Å². The number of carbonyl (C=O) groups excluding carboxylic acids is 1. The van der Waals surface area contributed by atoms with Crippen molar-refractivity contribution in [2.75, 3.05) is 13.2 Å². The van der Waals surface area contributed by atoms with Crippen molar-refractivity contribution in [2.24, 2.45) is 0 Å². The summed E-state index contributed by atoms with van der Waals surface area (Å²) in [5.74, 6) is 0. The quantitative estimate of drug-likeness (QED) is 0.858. The van der Waals surface area contributed by atoms with Gasteiger partial charge in [-0.15, -0.1) is 0 Å². The van der Waals surface area contributed by atoms with Crippen LogP contribution in [0.5, 0.6) is 0 Å². The second kappa shape index (κ2) is 5.44. The zero-order valence-corrected chi connectivity index (χ0v) is 12.6. The number of rotatable bonds is 1. The van der Waals surface area contributed by atoms with Gasteiger partial charge in [-0.2, -0.15) is 0 Å². The van der Waals surface area contributed by atoms with E-state index in [1.54, 1.807) is 4.90 Å². The van der Waals surface area contributed by atoms with E-state index in [0.717, 1.165) is 17.5 Å². The predicted molar refractivity (Wildman–Crippen MR) is 77.6 cm³/mol. The van der Waals surface area contributed by atoms with Crippen LogP contribution in [-0.4, -0.2) is 34.9 Å². The summed E-state index contributed by atoms with van der Waals surface area (Å²) < 4.78 is 5.44. The first-order valence-electron chi connectivity index (χ1n) is 7.02. The summed E-state index contributed by atoms with van der Waals surface area (Å²) >= 11 is 0. The molecule has 2 rings (SSSR count). The van der Waals surface area contributed by atoms with Crippen LogP contribution in [0.2, 0.25) is 0 Å². The third-order valence-electron chi connectivity index (χ3n) is 3.55. The molecule has 4 heteroatoms. The Hall–Kier alpha value is -1.55. The summed E-state index contributed by atoms with van der Waals surface area (Å²) in [4.78, 5) is 13.9. The lowest BCUT2D eigenvalue weighted by Gasteiger charge is -2.38. The second-order valence-electron chi connectivity index (χ2n) is 6.27. The Bertz CT molecular complexity index is 505. The van der Waals surface area contributed by atoms with Crippen LogP contribution in [0.15, 0.2) is 18.2 Å². The largest absolute Gasteiger partial charge is 0.444 e. The van der Waals surface area contributed by atoms with E-state index in [4.69, 9.17) is 4.74 Å². The minimum Gasteiger partial charge on any atom is -0.444 e. The maximum Gasteiger partial charge on any atom is 0.410 e. The van der Waals surface area contributed by atoms with Crippen LogP contribution < -0.4 is 0 Å². The summed E-state index contributed by atoms with van der Waals surface area (Å²) in [5.41, 5.74) is 2.86. The molecule has 1 unspecified atom stereocenters. The molecule has 0 spiro atoms. The second-order valence-corrected chi connectivity index (χ2v) is 6.27. The third kappa shape index (κ3) is 2.96. The van der Waals surface area contributed by atoms with Gasteiger partial charge in [-0.25, -0.2) is 4.79 Å². The van der Waals surface area contributed by atoms with Crippen molar-refractivity contribution in [2.45, 2.75) is 45.8 Å². The smallest absolute Gasteiger partial charge is 0.410 e. The number of amides is 1. The number of hydrogen-bond acceptors (Lipinski definition) is 3. The van der Waals surface area contributed by atoms with E-state index >= 15 is 0 Å². The number of carbonyl (C=O) groups is 1. The number of nitrogens with zero attached hydrogens (tertiary/aromatic N) is 1. The molecule has 1 aromatic carbocycles. The van der Waals surface area contributed by atoms with Gasteiger partial charge in [-0.3, -0.25) is 4.90 Å². The SMILES string of the molecule is Cc1cccc2c1C(CO)N(C(=O)OC(C)(C)C)CC2. The molecule has 20 heavy (non-hydrogen) atoms. The van der Waals surface area contributed by atoms with Gasteiger partial charge in [0.1, 0.15) is 5.60 Å². The first-order valence-corrected chi connectivity index (χ1v) is 7.02. The lowest BCUT2D eigenvalue weighted by atomic mass is 9.89. The summed E-state index contributed by atoms with van der Waals surface area (Å²) in [5, 5.41) is 9.73. The number of aryl methyl sites for hydroxylation is 1. The number of hydrogen-bond donors (Lipinski definition) is 1. The normalized spacial score (nSPS) is 18.6. The highest BCUT2D eigenvalue weighted by molar-refractivity contribution is 5.69. The molecule has 0 radical (unpaired) electrons. The van der Waals surface area contributed by atoms with E-state index in [0.29, 0.717) is 6.54 Å². The number of aliphatic hydroxyl groups excluding tert-OH is 1. The molecule has 1 amide bonds. The highest BCUT2D eigenvalue weighted by Crippen LogP contribution is 2.32. The molecular formula is C16H23NO3. The van der Waals surface area contributed by atoms with Gasteiger partial charge in [0.25, 0.3) is 0 Å². The highest BCUT2D eigenvalue weighted by atomic mass is 16.6. The molecule has 0 saturated heterocycles. The third-order valence-corrected chi connectivity index (χ3v) is 3.55. The zero-order chi connectivity index (χ0) is 14.9. The van der Waals surface area contributed by atoms with Crippen molar-refractivity contribution < 1.29 is 14.6 Å². The molecule has 0 fully saturated rings. The molecule has 1 N–H and O–H groups in total. The Kier molecular flexibility index (Phi) is 4.04. The van der Waals surface area contributed by atoms with Crippen molar-refractivity contribution in [3.8, 4) is 0 Å². The van der Waals surface area contributed by atoms with Crippen LogP contribution in [0.1, 0.15) is 43.5 Å². The number of aliphatic hydroxyl groups is 1. The van der Waals surface area contributed by atoms with Crippen LogP contribution in [0.4, 0.5) is 4.79 Å². The molecular weight excluding hydrogens is 254 g/mol. The van der Waals surface area contributed by atoms with Crippen LogP contribution >= 0.6 is 0 Å². The topological polar surface area (TPSA) is 49.8 Å². The first kappa shape index (κ1) is 14.9. The van der Waals surface area contributed by atoms with Gasteiger partial charge in [0, 0.05) is 6.54 Å². The Balaban J connectivity index is 2.30. The maximum atomic E-state index is 12.3. The van der Waals surface area contributed by atoms with Crippen molar-refractivity contribution in [3.63, 3.8) is 0 Å². The Morgan fingerprint density at radius 1 is 1.45 bits per heavy atom. The standard InChI is InChI=1S/C16H23NO3/c1-11-6-5-7-12-8-9-17(13(10-18)14(11)12)15(19)20-16(2,3)4/h5-7,13,18H,8-10H2,1-4H3. The summed E-state index contributed by atoms with van der Waals surface area (Å²) in [6, 6.07) is 5.79. The lowest BCUT2D eigenvalue weighted by Crippen LogP contribution is -2.44. The molecule has 1 aromatic rings. The molecule has 0 aliphatic carbocycles. The van der Waals surface area contributed by atoms with E-state index in [2.05, 4.69) is 6.07 Å². The molecule has 110 valence electrons. The molecule has 1 aliphatic heterocycles. The lowest BCUT2D eigenvalue weighted by molar-refractivity contribution is 0.00687. The van der Waals surface area contributed by atoms with Gasteiger partial charge in [0.15, 0.2) is 0 Å². The highest BCUT2D eigenvalue weighted by Gasteiger charge is 2.33. The Labute approximate surface area is 120 Å². The molecule has 0 saturated carbocycles. The summed E-state index contributed by atoms with van der Waals surface area (Å²) in [6.07, 6.45) is 0.442. The van der Waals surface area contributed by atoms with Crippen LogP contribution in [0, 0.1) is 6.92 Å². The van der Waals surface area contributed by atoms with Crippen molar-refractivity contribution in [3.05, 3.63) is 34.9 Å². The zero-order valence-electron chi connectivity index (χ0n) is 12.6. The average molecular weight is 277 g/mol. The minimum absolute atomic E-state index is 0.0862. The predicted octanol–water partition coefficient (Wildman–Crippen LogP) is 2.82. The molecule has 1 aliphatic rings. The molecule has 0 aromatic heterocycles. The Morgan fingerprint density at radius 2 is 2.15 bits per heavy atom. The average Bonchev–Trinajstić information content (AvgIpc) is 2.35. The van der Waals surface area contributed by atoms with Gasteiger partial charge in [0.05, 0.1) is 12.6 Å². The van der Waals surface area contributed by atoms with Gasteiger partial charge in [-0.1, -0.05) is 18.2 Å².